The van der Waals surface area contributed by atoms with Gasteiger partial charge in [0.05, 0.1) is 0 Å². The first kappa shape index (κ1) is 15.2. The molecule has 0 aliphatic rings. The minimum Gasteiger partial charge on any atom is -0.356 e. The lowest BCUT2D eigenvalue weighted by molar-refractivity contribution is -0.123. The number of allylic oxidation sites excluding steroid dienone is 1. The Morgan fingerprint density at radius 2 is 2.00 bits per heavy atom. The highest BCUT2D eigenvalue weighted by atomic mass is 16.1. The summed E-state index contributed by atoms with van der Waals surface area (Å²) in [7, 11) is 0. The van der Waals surface area contributed by atoms with Crippen LogP contribution in [0.1, 0.15) is 40.0 Å². The van der Waals surface area contributed by atoms with Crippen LogP contribution >= 0.6 is 0 Å². The molecule has 0 spiro atoms. The van der Waals surface area contributed by atoms with Gasteiger partial charge in [0.1, 0.15) is 0 Å². The van der Waals surface area contributed by atoms with E-state index in [4.69, 9.17) is 0 Å². The smallest absolute Gasteiger partial charge is 0.222 e. The molecule has 0 radical (unpaired) electrons. The Morgan fingerprint density at radius 1 is 1.31 bits per heavy atom. The standard InChI is InChI=1S/C13H26N2O/c1-5-6-8-12(4)14-9-7-10-15-13(16)11(2)3/h5,11-12,14H,1,6-10H2,2-4H3,(H,15,16). The van der Waals surface area contributed by atoms with Crippen LogP contribution in [-0.4, -0.2) is 25.0 Å². The average Bonchev–Trinajstić information content (AvgIpc) is 2.25. The molecule has 1 unspecified atom stereocenters. The van der Waals surface area contributed by atoms with Gasteiger partial charge in [0.2, 0.25) is 5.91 Å². The van der Waals surface area contributed by atoms with Crippen LogP contribution in [0.5, 0.6) is 0 Å². The molecule has 94 valence electrons. The zero-order valence-electron chi connectivity index (χ0n) is 10.9. The second kappa shape index (κ2) is 9.40. The maximum Gasteiger partial charge on any atom is 0.222 e. The summed E-state index contributed by atoms with van der Waals surface area (Å²) < 4.78 is 0. The van der Waals surface area contributed by atoms with E-state index >= 15 is 0 Å². The average molecular weight is 226 g/mol. The van der Waals surface area contributed by atoms with Crippen LogP contribution < -0.4 is 10.6 Å². The Hall–Kier alpha value is -0.830. The molecule has 0 aromatic carbocycles. The molecule has 0 aliphatic carbocycles. The summed E-state index contributed by atoms with van der Waals surface area (Å²) in [4.78, 5) is 11.2. The third-order valence-corrected chi connectivity index (χ3v) is 2.47. The van der Waals surface area contributed by atoms with Crippen molar-refractivity contribution in [3.63, 3.8) is 0 Å². The topological polar surface area (TPSA) is 41.1 Å². The lowest BCUT2D eigenvalue weighted by Gasteiger charge is -2.13. The highest BCUT2D eigenvalue weighted by Gasteiger charge is 2.04. The van der Waals surface area contributed by atoms with E-state index in [0.29, 0.717) is 6.04 Å². The number of hydrogen-bond donors (Lipinski definition) is 2. The van der Waals surface area contributed by atoms with Crippen LogP contribution in [0, 0.1) is 5.92 Å². The number of carbonyl (C=O) groups excluding carboxylic acids is 1. The molecule has 0 aromatic rings. The summed E-state index contributed by atoms with van der Waals surface area (Å²) in [6.45, 7) is 11.4. The molecule has 0 bridgehead atoms. The minimum absolute atomic E-state index is 0.0828. The van der Waals surface area contributed by atoms with Gasteiger partial charge in [-0.25, -0.2) is 0 Å². The monoisotopic (exact) mass is 226 g/mol. The van der Waals surface area contributed by atoms with E-state index in [9.17, 15) is 4.79 Å². The van der Waals surface area contributed by atoms with E-state index in [1.165, 1.54) is 0 Å². The Morgan fingerprint density at radius 3 is 2.56 bits per heavy atom. The number of amides is 1. The fourth-order valence-electron chi connectivity index (χ4n) is 1.32. The first-order valence-electron chi connectivity index (χ1n) is 6.20. The largest absolute Gasteiger partial charge is 0.356 e. The quantitative estimate of drug-likeness (QED) is 0.467. The van der Waals surface area contributed by atoms with Crippen LogP contribution in [0.3, 0.4) is 0 Å². The number of rotatable bonds is 9. The number of nitrogens with one attached hydrogen (secondary N) is 2. The molecule has 2 N–H and O–H groups in total. The zero-order chi connectivity index (χ0) is 12.4. The number of hydrogen-bond acceptors (Lipinski definition) is 2. The summed E-state index contributed by atoms with van der Waals surface area (Å²) in [6.07, 6.45) is 5.11. The molecule has 0 saturated carbocycles. The van der Waals surface area contributed by atoms with Crippen molar-refractivity contribution < 1.29 is 4.79 Å². The molecule has 0 aromatic heterocycles. The Bertz CT molecular complexity index is 202. The lowest BCUT2D eigenvalue weighted by atomic mass is 10.2. The van der Waals surface area contributed by atoms with E-state index in [1.807, 2.05) is 19.9 Å². The van der Waals surface area contributed by atoms with Crippen molar-refractivity contribution in [3.8, 4) is 0 Å². The first-order chi connectivity index (χ1) is 7.57. The normalized spacial score (nSPS) is 12.5. The summed E-state index contributed by atoms with van der Waals surface area (Å²) in [5.74, 6) is 0.221. The first-order valence-corrected chi connectivity index (χ1v) is 6.20. The van der Waals surface area contributed by atoms with Crippen molar-refractivity contribution in [2.75, 3.05) is 13.1 Å². The van der Waals surface area contributed by atoms with Gasteiger partial charge in [-0.2, -0.15) is 0 Å². The molecule has 0 rings (SSSR count). The second-order valence-corrected chi connectivity index (χ2v) is 4.52. The van der Waals surface area contributed by atoms with Gasteiger partial charge in [0.15, 0.2) is 0 Å². The van der Waals surface area contributed by atoms with E-state index in [2.05, 4.69) is 24.1 Å². The Balaban J connectivity index is 3.32. The molecule has 3 nitrogen and oxygen atoms in total. The summed E-state index contributed by atoms with van der Waals surface area (Å²) in [6, 6.07) is 0.527. The summed E-state index contributed by atoms with van der Waals surface area (Å²) >= 11 is 0. The highest BCUT2D eigenvalue weighted by Crippen LogP contribution is 1.96. The van der Waals surface area contributed by atoms with Gasteiger partial charge in [0.25, 0.3) is 0 Å². The van der Waals surface area contributed by atoms with Gasteiger partial charge in [0, 0.05) is 18.5 Å². The van der Waals surface area contributed by atoms with Crippen LogP contribution in [0.2, 0.25) is 0 Å². The fraction of sp³-hybridized carbons (Fsp3) is 0.769. The third-order valence-electron chi connectivity index (χ3n) is 2.47. The molecule has 0 aliphatic heterocycles. The molecule has 0 heterocycles. The van der Waals surface area contributed by atoms with E-state index in [0.717, 1.165) is 32.4 Å². The van der Waals surface area contributed by atoms with Gasteiger partial charge in [-0.3, -0.25) is 4.79 Å². The summed E-state index contributed by atoms with van der Waals surface area (Å²) in [5, 5.41) is 6.33. The van der Waals surface area contributed by atoms with E-state index < -0.39 is 0 Å². The van der Waals surface area contributed by atoms with Gasteiger partial charge < -0.3 is 10.6 Å². The van der Waals surface area contributed by atoms with Crippen molar-refractivity contribution in [1.29, 1.82) is 0 Å². The SMILES string of the molecule is C=CCCC(C)NCCCNC(=O)C(C)C. The van der Waals surface area contributed by atoms with Crippen LogP contribution in [0.25, 0.3) is 0 Å². The molecular weight excluding hydrogens is 200 g/mol. The highest BCUT2D eigenvalue weighted by molar-refractivity contribution is 5.77. The molecular formula is C13H26N2O. The van der Waals surface area contributed by atoms with Gasteiger partial charge in [-0.05, 0) is 32.7 Å². The predicted molar refractivity (Wildman–Crippen MR) is 69.4 cm³/mol. The van der Waals surface area contributed by atoms with Gasteiger partial charge >= 0.3 is 0 Å². The van der Waals surface area contributed by atoms with Crippen molar-refractivity contribution in [1.82, 2.24) is 10.6 Å². The fourth-order valence-corrected chi connectivity index (χ4v) is 1.32. The molecule has 3 heteroatoms. The van der Waals surface area contributed by atoms with E-state index in [1.54, 1.807) is 0 Å². The van der Waals surface area contributed by atoms with E-state index in [-0.39, 0.29) is 11.8 Å². The predicted octanol–water partition coefficient (Wildman–Crippen LogP) is 2.09. The lowest BCUT2D eigenvalue weighted by Crippen LogP contribution is -2.32. The zero-order valence-corrected chi connectivity index (χ0v) is 10.9. The van der Waals surface area contributed by atoms with Crippen LogP contribution in [-0.2, 0) is 4.79 Å². The van der Waals surface area contributed by atoms with Crippen molar-refractivity contribution in [2.45, 2.75) is 46.1 Å². The van der Waals surface area contributed by atoms with Crippen molar-refractivity contribution in [2.24, 2.45) is 5.92 Å². The molecule has 0 fully saturated rings. The van der Waals surface area contributed by atoms with Crippen LogP contribution in [0.15, 0.2) is 12.7 Å². The van der Waals surface area contributed by atoms with Gasteiger partial charge in [-0.15, -0.1) is 6.58 Å². The molecule has 1 amide bonds. The molecule has 1 atom stereocenters. The third kappa shape index (κ3) is 8.48. The van der Waals surface area contributed by atoms with Crippen LogP contribution in [0.4, 0.5) is 0 Å². The second-order valence-electron chi connectivity index (χ2n) is 4.52. The minimum atomic E-state index is 0.0828. The maximum atomic E-state index is 11.2. The number of carbonyl (C=O) groups is 1. The summed E-state index contributed by atoms with van der Waals surface area (Å²) in [5.41, 5.74) is 0. The Labute approximate surface area is 99.7 Å². The van der Waals surface area contributed by atoms with Gasteiger partial charge in [-0.1, -0.05) is 19.9 Å². The Kier molecular flexibility index (Phi) is 8.91. The maximum absolute atomic E-state index is 11.2. The molecule has 0 saturated heterocycles. The van der Waals surface area contributed by atoms with Crippen molar-refractivity contribution >= 4 is 5.91 Å². The molecule has 16 heavy (non-hydrogen) atoms. The van der Waals surface area contributed by atoms with Crippen molar-refractivity contribution in [3.05, 3.63) is 12.7 Å².